The third-order valence-corrected chi connectivity index (χ3v) is 5.25. The highest BCUT2D eigenvalue weighted by Crippen LogP contribution is 2.23. The predicted molar refractivity (Wildman–Crippen MR) is 115 cm³/mol. The summed E-state index contributed by atoms with van der Waals surface area (Å²) in [6.45, 7) is 4.04. The lowest BCUT2D eigenvalue weighted by Crippen LogP contribution is -2.44. The quantitative estimate of drug-likeness (QED) is 0.807. The van der Waals surface area contributed by atoms with E-state index in [2.05, 4.69) is 45.9 Å². The number of benzene rings is 2. The van der Waals surface area contributed by atoms with Gasteiger partial charge in [-0.2, -0.15) is 0 Å². The van der Waals surface area contributed by atoms with Crippen molar-refractivity contribution in [1.29, 1.82) is 0 Å². The Balaban J connectivity index is 0.00000131. The van der Waals surface area contributed by atoms with Crippen LogP contribution in [0, 0.1) is 0 Å². The van der Waals surface area contributed by atoms with Gasteiger partial charge < -0.3 is 10.6 Å². The Morgan fingerprint density at radius 2 is 1.81 bits per heavy atom. The van der Waals surface area contributed by atoms with Crippen molar-refractivity contribution in [2.75, 3.05) is 25.0 Å². The van der Waals surface area contributed by atoms with Gasteiger partial charge in [0.1, 0.15) is 0 Å². The van der Waals surface area contributed by atoms with E-state index in [-0.39, 0.29) is 36.8 Å². The van der Waals surface area contributed by atoms with E-state index in [0.717, 1.165) is 51.0 Å². The number of halogens is 2. The number of hydrogen-bond acceptors (Lipinski definition) is 3. The van der Waals surface area contributed by atoms with Gasteiger partial charge in [-0.15, -0.1) is 24.8 Å². The number of nitrogens with zero attached hydrogens (tertiary/aromatic N) is 1. The Kier molecular flexibility index (Phi) is 7.96. The number of likely N-dealkylation sites (tertiary alicyclic amines) is 1. The lowest BCUT2D eigenvalue weighted by Gasteiger charge is -2.32. The summed E-state index contributed by atoms with van der Waals surface area (Å²) in [6, 6.07) is 16.9. The minimum absolute atomic E-state index is 0. The molecule has 0 atom stereocenters. The zero-order chi connectivity index (χ0) is 17.1. The molecule has 2 aromatic rings. The fraction of sp³-hybridized carbons (Fsp3) is 0.381. The van der Waals surface area contributed by atoms with E-state index in [1.54, 1.807) is 0 Å². The number of rotatable bonds is 4. The molecule has 0 aromatic heterocycles. The molecule has 2 heterocycles. The molecule has 0 bridgehead atoms. The summed E-state index contributed by atoms with van der Waals surface area (Å²) >= 11 is 0. The highest BCUT2D eigenvalue weighted by atomic mass is 35.5. The molecule has 0 radical (unpaired) electrons. The number of carbonyl (C=O) groups is 1. The summed E-state index contributed by atoms with van der Waals surface area (Å²) in [5.74, 6) is 0.0659. The second kappa shape index (κ2) is 9.98. The highest BCUT2D eigenvalue weighted by molar-refractivity contribution is 5.95. The van der Waals surface area contributed by atoms with E-state index in [9.17, 15) is 4.79 Å². The molecule has 2 aromatic carbocycles. The Morgan fingerprint density at radius 3 is 2.56 bits per heavy atom. The number of carbonyl (C=O) groups excluding carboxylic acids is 1. The number of anilines is 1. The standard InChI is InChI=1S/C21H25N3O.2ClH/c25-21(18-6-7-20-17(14-18)8-11-22-20)23-19-9-12-24(13-10-19)15-16-4-2-1-3-5-16;;/h1-7,14,19,22H,8-13,15H2,(H,23,25);2*1H. The van der Waals surface area contributed by atoms with Gasteiger partial charge in [0.05, 0.1) is 0 Å². The number of hydrogen-bond donors (Lipinski definition) is 2. The van der Waals surface area contributed by atoms with Crippen molar-refractivity contribution >= 4 is 36.4 Å². The van der Waals surface area contributed by atoms with Crippen LogP contribution in [0.25, 0.3) is 0 Å². The van der Waals surface area contributed by atoms with E-state index in [1.165, 1.54) is 16.8 Å². The second-order valence-electron chi connectivity index (χ2n) is 7.06. The van der Waals surface area contributed by atoms with Crippen LogP contribution in [0.5, 0.6) is 0 Å². The first-order chi connectivity index (χ1) is 12.3. The van der Waals surface area contributed by atoms with Gasteiger partial charge in [0.2, 0.25) is 0 Å². The van der Waals surface area contributed by atoms with E-state index < -0.39 is 0 Å². The Labute approximate surface area is 173 Å². The first-order valence-corrected chi connectivity index (χ1v) is 9.22. The van der Waals surface area contributed by atoms with Crippen LogP contribution in [0.2, 0.25) is 0 Å². The summed E-state index contributed by atoms with van der Waals surface area (Å²) in [6.07, 6.45) is 3.05. The smallest absolute Gasteiger partial charge is 0.251 e. The van der Waals surface area contributed by atoms with Crippen molar-refractivity contribution in [2.24, 2.45) is 0 Å². The normalized spacial score (nSPS) is 16.4. The molecule has 0 unspecified atom stereocenters. The van der Waals surface area contributed by atoms with Crippen LogP contribution in [-0.2, 0) is 13.0 Å². The van der Waals surface area contributed by atoms with Gasteiger partial charge >= 0.3 is 0 Å². The molecule has 27 heavy (non-hydrogen) atoms. The molecule has 4 nitrogen and oxygen atoms in total. The molecule has 0 spiro atoms. The van der Waals surface area contributed by atoms with Crippen molar-refractivity contribution < 1.29 is 4.79 Å². The molecule has 2 N–H and O–H groups in total. The van der Waals surface area contributed by atoms with Gasteiger partial charge in [-0.3, -0.25) is 9.69 Å². The van der Waals surface area contributed by atoms with Gasteiger partial charge in [0.25, 0.3) is 5.91 Å². The minimum Gasteiger partial charge on any atom is -0.384 e. The number of piperidine rings is 1. The molecule has 0 aliphatic carbocycles. The number of fused-ring (bicyclic) bond motifs is 1. The van der Waals surface area contributed by atoms with Gasteiger partial charge in [0, 0.05) is 43.5 Å². The summed E-state index contributed by atoms with van der Waals surface area (Å²) in [7, 11) is 0. The third-order valence-electron chi connectivity index (χ3n) is 5.25. The summed E-state index contributed by atoms with van der Waals surface area (Å²) in [5.41, 5.74) is 4.57. The lowest BCUT2D eigenvalue weighted by atomic mass is 10.0. The maximum Gasteiger partial charge on any atom is 0.251 e. The lowest BCUT2D eigenvalue weighted by molar-refractivity contribution is 0.0909. The molecule has 146 valence electrons. The van der Waals surface area contributed by atoms with Crippen molar-refractivity contribution in [3.05, 3.63) is 65.2 Å². The third kappa shape index (κ3) is 5.38. The molecule has 2 aliphatic rings. The minimum atomic E-state index is 0. The maximum absolute atomic E-state index is 12.5. The molecule has 1 amide bonds. The van der Waals surface area contributed by atoms with Crippen LogP contribution in [0.1, 0.15) is 34.3 Å². The molecule has 2 aliphatic heterocycles. The van der Waals surface area contributed by atoms with Gasteiger partial charge in [-0.25, -0.2) is 0 Å². The van der Waals surface area contributed by atoms with E-state index in [1.807, 2.05) is 18.2 Å². The van der Waals surface area contributed by atoms with Crippen molar-refractivity contribution in [2.45, 2.75) is 31.8 Å². The average molecular weight is 408 g/mol. The Morgan fingerprint density at radius 1 is 1.07 bits per heavy atom. The molecule has 6 heteroatoms. The maximum atomic E-state index is 12.5. The fourth-order valence-corrected chi connectivity index (χ4v) is 3.79. The Hall–Kier alpha value is -1.75. The van der Waals surface area contributed by atoms with Crippen LogP contribution in [-0.4, -0.2) is 36.5 Å². The first-order valence-electron chi connectivity index (χ1n) is 9.22. The molecular formula is C21H27Cl2N3O. The molecule has 1 fully saturated rings. The molecule has 1 saturated heterocycles. The summed E-state index contributed by atoms with van der Waals surface area (Å²) < 4.78 is 0. The predicted octanol–water partition coefficient (Wildman–Crippen LogP) is 3.89. The van der Waals surface area contributed by atoms with Crippen molar-refractivity contribution in [3.8, 4) is 0 Å². The van der Waals surface area contributed by atoms with Gasteiger partial charge in [-0.05, 0) is 48.6 Å². The number of nitrogens with one attached hydrogen (secondary N) is 2. The molecule has 4 rings (SSSR count). The van der Waals surface area contributed by atoms with E-state index in [0.29, 0.717) is 0 Å². The van der Waals surface area contributed by atoms with Gasteiger partial charge in [-0.1, -0.05) is 30.3 Å². The monoisotopic (exact) mass is 407 g/mol. The van der Waals surface area contributed by atoms with Crippen molar-refractivity contribution in [1.82, 2.24) is 10.2 Å². The average Bonchev–Trinajstić information content (AvgIpc) is 3.12. The molecular weight excluding hydrogens is 381 g/mol. The second-order valence-corrected chi connectivity index (χ2v) is 7.06. The van der Waals surface area contributed by atoms with Crippen LogP contribution >= 0.6 is 24.8 Å². The van der Waals surface area contributed by atoms with Gasteiger partial charge in [0.15, 0.2) is 0 Å². The van der Waals surface area contributed by atoms with Crippen LogP contribution in [0.3, 0.4) is 0 Å². The SMILES string of the molecule is Cl.Cl.O=C(NC1CCN(Cc2ccccc2)CC1)c1ccc2c(c1)CCN2. The van der Waals surface area contributed by atoms with E-state index >= 15 is 0 Å². The zero-order valence-corrected chi connectivity index (χ0v) is 17.0. The molecule has 0 saturated carbocycles. The first kappa shape index (κ1) is 21.5. The van der Waals surface area contributed by atoms with Crippen LogP contribution in [0.4, 0.5) is 5.69 Å². The summed E-state index contributed by atoms with van der Waals surface area (Å²) in [4.78, 5) is 15.0. The zero-order valence-electron chi connectivity index (χ0n) is 15.3. The topological polar surface area (TPSA) is 44.4 Å². The summed E-state index contributed by atoms with van der Waals surface area (Å²) in [5, 5.41) is 6.56. The largest absolute Gasteiger partial charge is 0.384 e. The number of amides is 1. The van der Waals surface area contributed by atoms with E-state index in [4.69, 9.17) is 0 Å². The van der Waals surface area contributed by atoms with Crippen LogP contribution in [0.15, 0.2) is 48.5 Å². The fourth-order valence-electron chi connectivity index (χ4n) is 3.79. The Bertz CT molecular complexity index is 746. The van der Waals surface area contributed by atoms with Crippen LogP contribution < -0.4 is 10.6 Å². The van der Waals surface area contributed by atoms with Crippen molar-refractivity contribution in [3.63, 3.8) is 0 Å². The highest BCUT2D eigenvalue weighted by Gasteiger charge is 2.22.